The molecule has 1 aliphatic rings. The highest BCUT2D eigenvalue weighted by Gasteiger charge is 2.15. The summed E-state index contributed by atoms with van der Waals surface area (Å²) < 4.78 is 1.20. The fourth-order valence-corrected chi connectivity index (χ4v) is 4.57. The molecule has 2 rings (SSSR count). The molecule has 0 saturated heterocycles. The van der Waals surface area contributed by atoms with Crippen LogP contribution in [-0.4, -0.2) is 24.2 Å². The average Bonchev–Trinajstić information content (AvgIpc) is 3.01. The monoisotopic (exact) mass is 337 g/mol. The Kier molecular flexibility index (Phi) is 7.12. The van der Waals surface area contributed by atoms with Crippen LogP contribution < -0.4 is 10.9 Å². The lowest BCUT2D eigenvalue weighted by Crippen LogP contribution is -2.26. The van der Waals surface area contributed by atoms with Gasteiger partial charge in [0.15, 0.2) is 0 Å². The molecule has 0 aromatic heterocycles. The summed E-state index contributed by atoms with van der Waals surface area (Å²) in [4.78, 5) is 4.84. The van der Waals surface area contributed by atoms with Gasteiger partial charge in [0.1, 0.15) is 4.38 Å². The van der Waals surface area contributed by atoms with Crippen LogP contribution in [-0.2, 0) is 5.75 Å². The lowest BCUT2D eigenvalue weighted by Gasteiger charge is -2.19. The topological polar surface area (TPSA) is 41.6 Å². The smallest absolute Gasteiger partial charge is 0.124 e. The van der Waals surface area contributed by atoms with Crippen molar-refractivity contribution < 1.29 is 0 Å². The predicted molar refractivity (Wildman–Crippen MR) is 103 cm³/mol. The first kappa shape index (κ1) is 17.7. The molecule has 0 unspecified atom stereocenters. The van der Waals surface area contributed by atoms with Crippen LogP contribution in [0.25, 0.3) is 0 Å². The molecule has 0 bridgehead atoms. The van der Waals surface area contributed by atoms with E-state index in [2.05, 4.69) is 31.4 Å². The minimum Gasteiger partial charge on any atom is -0.314 e. The number of anilines is 1. The molecule has 0 aliphatic heterocycles. The molecule has 0 amide bonds. The predicted octanol–water partition coefficient (Wildman–Crippen LogP) is 4.45. The molecule has 3 nitrogen and oxygen atoms in total. The maximum Gasteiger partial charge on any atom is 0.124 e. The van der Waals surface area contributed by atoms with Gasteiger partial charge in [0, 0.05) is 19.3 Å². The summed E-state index contributed by atoms with van der Waals surface area (Å²) in [6.07, 6.45) is 7.61. The fourth-order valence-electron chi connectivity index (χ4n) is 2.90. The molecule has 0 radical (unpaired) electrons. The van der Waals surface area contributed by atoms with Crippen LogP contribution in [0.2, 0.25) is 0 Å². The van der Waals surface area contributed by atoms with E-state index in [0.717, 1.165) is 23.9 Å². The first-order valence-corrected chi connectivity index (χ1v) is 10.1. The molecule has 1 aromatic rings. The zero-order chi connectivity index (χ0) is 15.9. The molecule has 22 heavy (non-hydrogen) atoms. The van der Waals surface area contributed by atoms with E-state index in [1.54, 1.807) is 16.8 Å². The van der Waals surface area contributed by atoms with Crippen LogP contribution in [0.4, 0.5) is 5.69 Å². The third-order valence-electron chi connectivity index (χ3n) is 4.23. The molecule has 1 aromatic carbocycles. The SMILES string of the molecule is CSC(=NCC1CCCC1)SCc1c(C)cccc1N(C)N. The van der Waals surface area contributed by atoms with Gasteiger partial charge in [-0.2, -0.15) is 0 Å². The minimum atomic E-state index is 0.812. The molecule has 2 N–H and O–H groups in total. The van der Waals surface area contributed by atoms with E-state index < -0.39 is 0 Å². The van der Waals surface area contributed by atoms with Crippen molar-refractivity contribution in [2.24, 2.45) is 16.8 Å². The summed E-state index contributed by atoms with van der Waals surface area (Å²) in [5, 5.41) is 1.71. The molecular formula is C17H27N3S2. The number of nitrogens with zero attached hydrogens (tertiary/aromatic N) is 2. The normalized spacial score (nSPS) is 16.3. The highest BCUT2D eigenvalue weighted by Crippen LogP contribution is 2.30. The highest BCUT2D eigenvalue weighted by molar-refractivity contribution is 8.38. The van der Waals surface area contributed by atoms with Gasteiger partial charge in [0.25, 0.3) is 0 Å². The lowest BCUT2D eigenvalue weighted by molar-refractivity contribution is 0.565. The molecule has 0 heterocycles. The molecule has 122 valence electrons. The quantitative estimate of drug-likeness (QED) is 0.373. The Hall–Kier alpha value is -0.650. The van der Waals surface area contributed by atoms with Crippen molar-refractivity contribution >= 4 is 33.6 Å². The molecule has 1 aliphatic carbocycles. The number of aliphatic imine (C=N–C) groups is 1. The van der Waals surface area contributed by atoms with Gasteiger partial charge in [-0.1, -0.05) is 36.7 Å². The summed E-state index contributed by atoms with van der Waals surface area (Å²) in [5.41, 5.74) is 3.70. The van der Waals surface area contributed by atoms with Crippen LogP contribution in [0.5, 0.6) is 0 Å². The third-order valence-corrected chi connectivity index (χ3v) is 6.37. The van der Waals surface area contributed by atoms with E-state index in [1.165, 1.54) is 41.2 Å². The Labute approximate surface area is 143 Å². The maximum absolute atomic E-state index is 5.95. The van der Waals surface area contributed by atoms with Crippen LogP contribution in [0.15, 0.2) is 23.2 Å². The number of rotatable bonds is 5. The number of thioether (sulfide) groups is 2. The van der Waals surface area contributed by atoms with E-state index in [-0.39, 0.29) is 0 Å². The van der Waals surface area contributed by atoms with Gasteiger partial charge in [-0.25, -0.2) is 5.84 Å². The number of hydrazine groups is 1. The van der Waals surface area contributed by atoms with Crippen molar-refractivity contribution in [1.29, 1.82) is 0 Å². The van der Waals surface area contributed by atoms with Crippen molar-refractivity contribution in [1.82, 2.24) is 0 Å². The van der Waals surface area contributed by atoms with Crippen molar-refractivity contribution in [3.63, 3.8) is 0 Å². The first-order chi connectivity index (χ1) is 10.6. The summed E-state index contributed by atoms with van der Waals surface area (Å²) in [5.74, 6) is 7.69. The fraction of sp³-hybridized carbons (Fsp3) is 0.588. The van der Waals surface area contributed by atoms with E-state index in [9.17, 15) is 0 Å². The second-order valence-electron chi connectivity index (χ2n) is 5.93. The van der Waals surface area contributed by atoms with Gasteiger partial charge in [0.05, 0.1) is 5.69 Å². The number of benzene rings is 1. The van der Waals surface area contributed by atoms with Gasteiger partial charge >= 0.3 is 0 Å². The summed E-state index contributed by atoms with van der Waals surface area (Å²) in [6.45, 7) is 3.15. The molecule has 0 atom stereocenters. The van der Waals surface area contributed by atoms with Crippen molar-refractivity contribution in [3.8, 4) is 0 Å². The van der Waals surface area contributed by atoms with Crippen molar-refractivity contribution in [3.05, 3.63) is 29.3 Å². The van der Waals surface area contributed by atoms with Gasteiger partial charge in [-0.3, -0.25) is 4.99 Å². The second kappa shape index (κ2) is 8.85. The Balaban J connectivity index is 1.99. The van der Waals surface area contributed by atoms with E-state index >= 15 is 0 Å². The van der Waals surface area contributed by atoms with Crippen LogP contribution >= 0.6 is 23.5 Å². The van der Waals surface area contributed by atoms with Crippen LogP contribution in [0.3, 0.4) is 0 Å². The van der Waals surface area contributed by atoms with Crippen LogP contribution in [0.1, 0.15) is 36.8 Å². The van der Waals surface area contributed by atoms with Crippen molar-refractivity contribution in [2.45, 2.75) is 38.4 Å². The summed E-state index contributed by atoms with van der Waals surface area (Å²) in [7, 11) is 1.90. The van der Waals surface area contributed by atoms with Gasteiger partial charge < -0.3 is 5.01 Å². The number of nitrogens with two attached hydrogens (primary N) is 1. The number of aryl methyl sites for hydroxylation is 1. The van der Waals surface area contributed by atoms with Crippen LogP contribution in [0, 0.1) is 12.8 Å². The molecule has 1 fully saturated rings. The second-order valence-corrected chi connectivity index (χ2v) is 7.95. The Bertz CT molecular complexity index is 509. The standard InChI is InChI=1S/C17H27N3S2/c1-13-7-6-10-16(20(2)18)15(13)12-22-17(21-3)19-11-14-8-4-5-9-14/h6-7,10,14H,4-5,8-9,11-12,18H2,1-3H3. The first-order valence-electron chi connectivity index (χ1n) is 7.90. The van der Waals surface area contributed by atoms with Gasteiger partial charge in [0.2, 0.25) is 0 Å². The largest absolute Gasteiger partial charge is 0.314 e. The molecular weight excluding hydrogens is 310 g/mol. The maximum atomic E-state index is 5.95. The Morgan fingerprint density at radius 3 is 2.73 bits per heavy atom. The number of hydrogen-bond donors (Lipinski definition) is 1. The Morgan fingerprint density at radius 2 is 2.09 bits per heavy atom. The highest BCUT2D eigenvalue weighted by atomic mass is 32.2. The molecule has 0 spiro atoms. The number of hydrogen-bond acceptors (Lipinski definition) is 5. The summed E-state index contributed by atoms with van der Waals surface area (Å²) >= 11 is 3.60. The van der Waals surface area contributed by atoms with Crippen molar-refractivity contribution in [2.75, 3.05) is 24.9 Å². The third kappa shape index (κ3) is 4.93. The molecule has 1 saturated carbocycles. The van der Waals surface area contributed by atoms with Gasteiger partial charge in [-0.05, 0) is 49.1 Å². The molecule has 5 heteroatoms. The Morgan fingerprint density at radius 1 is 1.36 bits per heavy atom. The zero-order valence-electron chi connectivity index (χ0n) is 13.8. The van der Waals surface area contributed by atoms with E-state index in [4.69, 9.17) is 10.8 Å². The lowest BCUT2D eigenvalue weighted by atomic mass is 10.1. The summed E-state index contributed by atoms with van der Waals surface area (Å²) in [6, 6.07) is 6.29. The zero-order valence-corrected chi connectivity index (χ0v) is 15.5. The van der Waals surface area contributed by atoms with E-state index in [0.29, 0.717) is 0 Å². The minimum absolute atomic E-state index is 0.812. The van der Waals surface area contributed by atoms with E-state index in [1.807, 2.05) is 18.8 Å². The average molecular weight is 338 g/mol. The van der Waals surface area contributed by atoms with Gasteiger partial charge in [-0.15, -0.1) is 11.8 Å².